The fourth-order valence-corrected chi connectivity index (χ4v) is 5.33. The minimum absolute atomic E-state index is 0. The van der Waals surface area contributed by atoms with Gasteiger partial charge in [0.15, 0.2) is 0 Å². The first-order chi connectivity index (χ1) is 14.0. The van der Waals surface area contributed by atoms with Gasteiger partial charge >= 0.3 is 5.97 Å². The van der Waals surface area contributed by atoms with Gasteiger partial charge in [-0.15, -0.1) is 0 Å². The van der Waals surface area contributed by atoms with Crippen molar-refractivity contribution in [2.75, 3.05) is 20.3 Å². The van der Waals surface area contributed by atoms with Crippen molar-refractivity contribution < 1.29 is 40.5 Å². The van der Waals surface area contributed by atoms with Gasteiger partial charge in [0.2, 0.25) is 5.60 Å². The number of fused-ring (bicyclic) bond motifs is 2. The molecule has 0 aliphatic carbocycles. The Morgan fingerprint density at radius 3 is 1.93 bits per heavy atom. The molecule has 2 aliphatic heterocycles. The van der Waals surface area contributed by atoms with Crippen molar-refractivity contribution in [1.82, 2.24) is 0 Å². The fourth-order valence-electron chi connectivity index (χ4n) is 5.33. The van der Waals surface area contributed by atoms with Gasteiger partial charge in [-0.25, -0.2) is 9.18 Å². The summed E-state index contributed by atoms with van der Waals surface area (Å²) in [5, 5.41) is 11.6. The number of halogens is 2. The van der Waals surface area contributed by atoms with E-state index < -0.39 is 11.6 Å². The number of benzene rings is 2. The number of hydrogen-bond acceptors (Lipinski definition) is 3. The van der Waals surface area contributed by atoms with Crippen LogP contribution in [0.2, 0.25) is 0 Å². The van der Waals surface area contributed by atoms with Gasteiger partial charge < -0.3 is 31.3 Å². The lowest BCUT2D eigenvalue weighted by Crippen LogP contribution is -3.00. The van der Waals surface area contributed by atoms with Crippen LogP contribution in [-0.2, 0) is 15.1 Å². The quantitative estimate of drug-likeness (QED) is 0.488. The molecular weight excluding hydrogens is 449 g/mol. The summed E-state index contributed by atoms with van der Waals surface area (Å²) in [6.07, 6.45) is 3.27. The summed E-state index contributed by atoms with van der Waals surface area (Å²) in [6, 6.07) is 18.5. The van der Waals surface area contributed by atoms with E-state index in [2.05, 4.69) is 7.05 Å². The number of carbonyl (C=O) groups excluding carboxylic acids is 1. The Labute approximate surface area is 188 Å². The summed E-state index contributed by atoms with van der Waals surface area (Å²) >= 11 is 0. The molecule has 2 heterocycles. The zero-order chi connectivity index (χ0) is 20.5. The van der Waals surface area contributed by atoms with E-state index in [4.69, 9.17) is 4.74 Å². The molecule has 4 rings (SSSR count). The van der Waals surface area contributed by atoms with Crippen LogP contribution in [0.3, 0.4) is 0 Å². The van der Waals surface area contributed by atoms with E-state index in [1.54, 1.807) is 48.5 Å². The van der Waals surface area contributed by atoms with Crippen molar-refractivity contribution in [3.63, 3.8) is 0 Å². The second-order valence-corrected chi connectivity index (χ2v) is 8.59. The van der Waals surface area contributed by atoms with Crippen molar-refractivity contribution in [3.05, 3.63) is 71.8 Å². The number of nitrogens with zero attached hydrogens (tertiary/aromatic N) is 1. The minimum Gasteiger partial charge on any atom is -1.00 e. The van der Waals surface area contributed by atoms with Crippen LogP contribution in [0, 0.1) is 0 Å². The van der Waals surface area contributed by atoms with Gasteiger partial charge in [0.25, 0.3) is 0 Å². The monoisotopic (exact) mass is 477 g/mol. The lowest BCUT2D eigenvalue weighted by atomic mass is 9.86. The number of esters is 1. The van der Waals surface area contributed by atoms with E-state index in [0.29, 0.717) is 29.8 Å². The van der Waals surface area contributed by atoms with E-state index in [1.807, 2.05) is 12.1 Å². The molecule has 0 amide bonds. The molecule has 6 heteroatoms. The maximum Gasteiger partial charge on any atom is 0.347 e. The number of quaternary nitrogens is 1. The number of piperidine rings is 1. The molecule has 30 heavy (non-hydrogen) atoms. The van der Waals surface area contributed by atoms with Crippen LogP contribution in [0.5, 0.6) is 0 Å². The molecule has 2 saturated heterocycles. The van der Waals surface area contributed by atoms with Crippen molar-refractivity contribution in [2.45, 2.75) is 49.5 Å². The Morgan fingerprint density at radius 2 is 1.50 bits per heavy atom. The second-order valence-electron chi connectivity index (χ2n) is 8.59. The first-order valence-corrected chi connectivity index (χ1v) is 10.4. The van der Waals surface area contributed by atoms with Gasteiger partial charge in [0.1, 0.15) is 19.3 Å². The number of alkyl halides is 1. The molecule has 2 aliphatic rings. The van der Waals surface area contributed by atoms with Gasteiger partial charge in [-0.2, -0.15) is 0 Å². The maximum absolute atomic E-state index is 13.3. The molecule has 162 valence electrons. The summed E-state index contributed by atoms with van der Waals surface area (Å²) in [7, 11) is 2.13. The molecule has 0 spiro atoms. The van der Waals surface area contributed by atoms with Gasteiger partial charge in [-0.3, -0.25) is 0 Å². The van der Waals surface area contributed by atoms with Crippen molar-refractivity contribution in [2.24, 2.45) is 0 Å². The lowest BCUT2D eigenvalue weighted by molar-refractivity contribution is -0.949. The number of hydrogen-bond donors (Lipinski definition) is 1. The van der Waals surface area contributed by atoms with E-state index in [0.717, 1.165) is 30.2 Å². The number of ether oxygens (including phenoxy) is 1. The van der Waals surface area contributed by atoms with Gasteiger partial charge in [0.05, 0.1) is 19.1 Å². The number of carbonyl (C=O) groups is 1. The largest absolute Gasteiger partial charge is 1.00 e. The van der Waals surface area contributed by atoms with E-state index in [-0.39, 0.29) is 29.8 Å². The Balaban J connectivity index is 0.00000256. The number of rotatable bonds is 6. The average molecular weight is 478 g/mol. The van der Waals surface area contributed by atoms with Crippen LogP contribution in [0.4, 0.5) is 4.39 Å². The summed E-state index contributed by atoms with van der Waals surface area (Å²) in [5.74, 6) is -0.638. The van der Waals surface area contributed by atoms with E-state index >= 15 is 0 Å². The van der Waals surface area contributed by atoms with E-state index in [9.17, 15) is 14.3 Å². The minimum atomic E-state index is -1.85. The van der Waals surface area contributed by atoms with Gasteiger partial charge in [-0.1, -0.05) is 60.7 Å². The fraction of sp³-hybridized carbons (Fsp3) is 0.458. The van der Waals surface area contributed by atoms with Gasteiger partial charge in [-0.05, 0) is 11.1 Å². The van der Waals surface area contributed by atoms with Crippen LogP contribution in [0.15, 0.2) is 60.7 Å². The third-order valence-electron chi connectivity index (χ3n) is 7.09. The Bertz CT molecular complexity index is 795. The van der Waals surface area contributed by atoms with Crippen molar-refractivity contribution in [3.8, 4) is 0 Å². The topological polar surface area (TPSA) is 46.5 Å². The second kappa shape index (κ2) is 9.16. The highest BCUT2D eigenvalue weighted by atomic mass is 79.9. The van der Waals surface area contributed by atoms with Crippen LogP contribution in [0.1, 0.15) is 36.8 Å². The van der Waals surface area contributed by atoms with Crippen LogP contribution < -0.4 is 17.0 Å². The molecule has 1 N–H and O–H groups in total. The molecule has 2 atom stereocenters. The zero-order valence-corrected chi connectivity index (χ0v) is 18.8. The first kappa shape index (κ1) is 22.9. The molecule has 0 radical (unpaired) electrons. The van der Waals surface area contributed by atoms with Crippen LogP contribution in [-0.4, -0.2) is 54.0 Å². The van der Waals surface area contributed by atoms with Gasteiger partial charge in [0, 0.05) is 25.7 Å². The molecule has 2 fully saturated rings. The lowest BCUT2D eigenvalue weighted by Gasteiger charge is -2.46. The number of aliphatic hydroxyl groups is 1. The maximum atomic E-state index is 13.3. The molecule has 2 unspecified atom stereocenters. The zero-order valence-electron chi connectivity index (χ0n) is 17.2. The highest BCUT2D eigenvalue weighted by molar-refractivity contribution is 5.85. The first-order valence-electron chi connectivity index (χ1n) is 10.4. The summed E-state index contributed by atoms with van der Waals surface area (Å²) < 4.78 is 19.8. The van der Waals surface area contributed by atoms with E-state index in [1.165, 1.54) is 0 Å². The standard InChI is InChI=1S/C24H29FNO3.BrH/c1-26(15-14-25)20-12-13-21(26)17-22(16-20)29-23(27)24(28,18-8-4-2-5-9-18)19-10-6-3-7-11-19;/h2-11,20-22,28H,12-17H2,1H3;1H/q+1;/p-1. The smallest absolute Gasteiger partial charge is 0.347 e. The Hall–Kier alpha value is -1.76. The third kappa shape index (κ3) is 3.93. The van der Waals surface area contributed by atoms with Crippen molar-refractivity contribution >= 4 is 5.97 Å². The molecule has 0 saturated carbocycles. The predicted molar refractivity (Wildman–Crippen MR) is 109 cm³/mol. The summed E-state index contributed by atoms with van der Waals surface area (Å²) in [4.78, 5) is 13.3. The SMILES string of the molecule is C[N+]1(CCF)C2CCC1CC(OC(=O)C(O)(c1ccccc1)c1ccccc1)C2.[Br-]. The van der Waals surface area contributed by atoms with Crippen molar-refractivity contribution in [1.29, 1.82) is 0 Å². The molecule has 2 aromatic carbocycles. The Kier molecular flexibility index (Phi) is 7.00. The molecule has 2 bridgehead atoms. The third-order valence-corrected chi connectivity index (χ3v) is 7.09. The van der Waals surface area contributed by atoms with Crippen LogP contribution in [0.25, 0.3) is 0 Å². The molecule has 4 nitrogen and oxygen atoms in total. The Morgan fingerprint density at radius 1 is 1.03 bits per heavy atom. The predicted octanol–water partition coefficient (Wildman–Crippen LogP) is 0.579. The molecule has 0 aromatic heterocycles. The summed E-state index contributed by atoms with van der Waals surface area (Å²) in [6.45, 7) is 0.198. The highest BCUT2D eigenvalue weighted by Crippen LogP contribution is 2.43. The summed E-state index contributed by atoms with van der Waals surface area (Å²) in [5.41, 5.74) is -0.864. The average Bonchev–Trinajstić information content (AvgIpc) is 2.91. The highest BCUT2D eigenvalue weighted by Gasteiger charge is 2.53. The molecular formula is C24H29BrFNO3. The van der Waals surface area contributed by atoms with Crippen LogP contribution >= 0.6 is 0 Å². The molecule has 2 aromatic rings. The normalized spacial score (nSPS) is 27.9.